The van der Waals surface area contributed by atoms with Crippen molar-refractivity contribution < 1.29 is 0 Å². The SMILES string of the molecule is [CH2]c1ccc(C)c(C)c1C.[MgH2]. The summed E-state index contributed by atoms with van der Waals surface area (Å²) in [7, 11) is 0. The highest BCUT2D eigenvalue weighted by atomic mass is 24.3. The molecule has 11 heavy (non-hydrogen) atoms. The van der Waals surface area contributed by atoms with E-state index in [-0.39, 0.29) is 23.1 Å². The molecule has 0 amide bonds. The molecule has 0 bridgehead atoms. The lowest BCUT2D eigenvalue weighted by molar-refractivity contribution is 1.25. The standard InChI is InChI=1S/C10H13.Mg.2H/c1-7-5-6-8(2)10(4)9(7)3;;;/h5-6H,1H2,2-4H3;;;. The molecule has 0 aliphatic rings. The van der Waals surface area contributed by atoms with Crippen LogP contribution in [0.5, 0.6) is 0 Å². The molecule has 0 fully saturated rings. The van der Waals surface area contributed by atoms with E-state index in [0.29, 0.717) is 0 Å². The molecule has 0 atom stereocenters. The van der Waals surface area contributed by atoms with Crippen molar-refractivity contribution in [2.45, 2.75) is 20.8 Å². The van der Waals surface area contributed by atoms with Crippen LogP contribution in [0.3, 0.4) is 0 Å². The van der Waals surface area contributed by atoms with Crippen LogP contribution in [0, 0.1) is 27.7 Å². The second-order valence-corrected chi connectivity index (χ2v) is 2.79. The van der Waals surface area contributed by atoms with E-state index in [2.05, 4.69) is 39.8 Å². The van der Waals surface area contributed by atoms with Crippen LogP contribution in [-0.4, -0.2) is 23.1 Å². The van der Waals surface area contributed by atoms with E-state index in [0.717, 1.165) is 5.56 Å². The maximum Gasteiger partial charge on any atom is 0.316 e. The van der Waals surface area contributed by atoms with Crippen molar-refractivity contribution in [1.82, 2.24) is 0 Å². The van der Waals surface area contributed by atoms with Gasteiger partial charge in [0.25, 0.3) is 0 Å². The van der Waals surface area contributed by atoms with Crippen LogP contribution < -0.4 is 0 Å². The number of benzene rings is 1. The Morgan fingerprint density at radius 3 is 2.00 bits per heavy atom. The topological polar surface area (TPSA) is 0 Å². The van der Waals surface area contributed by atoms with Gasteiger partial charge in [-0.15, -0.1) is 0 Å². The minimum absolute atomic E-state index is 0. The fraction of sp³-hybridized carbons (Fsp3) is 0.300. The van der Waals surface area contributed by atoms with E-state index >= 15 is 0 Å². The molecule has 1 aromatic carbocycles. The molecule has 0 saturated heterocycles. The van der Waals surface area contributed by atoms with E-state index in [1.165, 1.54) is 16.7 Å². The van der Waals surface area contributed by atoms with E-state index in [1.54, 1.807) is 0 Å². The van der Waals surface area contributed by atoms with E-state index in [9.17, 15) is 0 Å². The Balaban J connectivity index is 0.000001000. The Labute approximate surface area is 85.2 Å². The average molecular weight is 160 g/mol. The van der Waals surface area contributed by atoms with Crippen molar-refractivity contribution >= 4 is 23.1 Å². The van der Waals surface area contributed by atoms with Gasteiger partial charge in [0.1, 0.15) is 0 Å². The first-order valence-corrected chi connectivity index (χ1v) is 3.51. The Morgan fingerprint density at radius 2 is 1.55 bits per heavy atom. The third kappa shape index (κ3) is 2.21. The van der Waals surface area contributed by atoms with Gasteiger partial charge in [0.15, 0.2) is 0 Å². The summed E-state index contributed by atoms with van der Waals surface area (Å²) in [4.78, 5) is 0. The van der Waals surface area contributed by atoms with Gasteiger partial charge >= 0.3 is 23.1 Å². The van der Waals surface area contributed by atoms with Crippen LogP contribution in [0.4, 0.5) is 0 Å². The molecule has 0 nitrogen and oxygen atoms in total. The second-order valence-electron chi connectivity index (χ2n) is 2.79. The van der Waals surface area contributed by atoms with Crippen molar-refractivity contribution in [2.24, 2.45) is 0 Å². The van der Waals surface area contributed by atoms with Gasteiger partial charge in [0, 0.05) is 0 Å². The Bertz CT molecular complexity index is 224. The van der Waals surface area contributed by atoms with Crippen molar-refractivity contribution in [1.29, 1.82) is 0 Å². The largest absolute Gasteiger partial charge is 0.316 e. The molecule has 0 aromatic heterocycles. The first-order chi connectivity index (χ1) is 4.63. The summed E-state index contributed by atoms with van der Waals surface area (Å²) in [5, 5.41) is 0. The summed E-state index contributed by atoms with van der Waals surface area (Å²) in [6.45, 7) is 10.3. The molecule has 1 rings (SSSR count). The van der Waals surface area contributed by atoms with Gasteiger partial charge in [0.2, 0.25) is 0 Å². The van der Waals surface area contributed by atoms with Gasteiger partial charge in [-0.2, -0.15) is 0 Å². The van der Waals surface area contributed by atoms with Gasteiger partial charge in [-0.1, -0.05) is 12.1 Å². The first-order valence-electron chi connectivity index (χ1n) is 3.51. The van der Waals surface area contributed by atoms with Crippen LogP contribution in [0.2, 0.25) is 0 Å². The Kier molecular flexibility index (Phi) is 4.12. The van der Waals surface area contributed by atoms with Crippen molar-refractivity contribution in [3.8, 4) is 0 Å². The summed E-state index contributed by atoms with van der Waals surface area (Å²) >= 11 is 0. The number of hydrogen-bond donors (Lipinski definition) is 0. The monoisotopic (exact) mass is 159 g/mol. The molecule has 0 N–H and O–H groups in total. The molecule has 0 aliphatic carbocycles. The van der Waals surface area contributed by atoms with Crippen LogP contribution in [0.15, 0.2) is 12.1 Å². The molecular formula is C10H15Mg. The lowest BCUT2D eigenvalue weighted by Crippen LogP contribution is -1.88. The smallest absolute Gasteiger partial charge is 0.0588 e. The van der Waals surface area contributed by atoms with E-state index in [4.69, 9.17) is 0 Å². The lowest BCUT2D eigenvalue weighted by atomic mass is 10.0. The molecular weight excluding hydrogens is 144 g/mol. The average Bonchev–Trinajstić information content (AvgIpc) is 1.93. The highest BCUT2D eigenvalue weighted by molar-refractivity contribution is 5.75. The molecule has 1 heteroatoms. The predicted octanol–water partition coefficient (Wildman–Crippen LogP) is 1.88. The summed E-state index contributed by atoms with van der Waals surface area (Å²) in [6, 6.07) is 4.18. The fourth-order valence-electron chi connectivity index (χ4n) is 1.01. The van der Waals surface area contributed by atoms with Crippen molar-refractivity contribution in [3.63, 3.8) is 0 Å². The van der Waals surface area contributed by atoms with E-state index in [1.807, 2.05) is 0 Å². The fourth-order valence-corrected chi connectivity index (χ4v) is 1.01. The van der Waals surface area contributed by atoms with Crippen LogP contribution in [0.25, 0.3) is 0 Å². The normalized spacial score (nSPS) is 9.09. The third-order valence-electron chi connectivity index (χ3n) is 2.17. The van der Waals surface area contributed by atoms with Gasteiger partial charge in [-0.3, -0.25) is 0 Å². The molecule has 1 aromatic rings. The zero-order valence-electron chi connectivity index (χ0n) is 6.86. The minimum atomic E-state index is 0. The molecule has 57 valence electrons. The number of aryl methyl sites for hydroxylation is 1. The minimum Gasteiger partial charge on any atom is -0.0588 e. The zero-order chi connectivity index (χ0) is 7.72. The molecule has 0 aliphatic heterocycles. The maximum atomic E-state index is 3.92. The van der Waals surface area contributed by atoms with Gasteiger partial charge in [-0.25, -0.2) is 0 Å². The zero-order valence-corrected chi connectivity index (χ0v) is 6.86. The van der Waals surface area contributed by atoms with Crippen molar-refractivity contribution in [2.75, 3.05) is 0 Å². The molecule has 0 spiro atoms. The molecule has 0 saturated carbocycles. The molecule has 1 radical (unpaired) electrons. The number of hydrogen-bond acceptors (Lipinski definition) is 0. The van der Waals surface area contributed by atoms with Crippen LogP contribution >= 0.6 is 0 Å². The third-order valence-corrected chi connectivity index (χ3v) is 2.17. The summed E-state index contributed by atoms with van der Waals surface area (Å²) in [5.41, 5.74) is 5.18. The quantitative estimate of drug-likeness (QED) is 0.507. The molecule has 0 unspecified atom stereocenters. The highest BCUT2D eigenvalue weighted by Gasteiger charge is 1.97. The van der Waals surface area contributed by atoms with Crippen LogP contribution in [-0.2, 0) is 0 Å². The van der Waals surface area contributed by atoms with E-state index < -0.39 is 0 Å². The summed E-state index contributed by atoms with van der Waals surface area (Å²) in [5.74, 6) is 0. The van der Waals surface area contributed by atoms with Gasteiger partial charge < -0.3 is 0 Å². The second kappa shape index (κ2) is 4.12. The number of rotatable bonds is 0. The summed E-state index contributed by atoms with van der Waals surface area (Å²) < 4.78 is 0. The molecule has 0 heterocycles. The van der Waals surface area contributed by atoms with Crippen molar-refractivity contribution in [3.05, 3.63) is 41.3 Å². The maximum absolute atomic E-state index is 3.92. The first kappa shape index (κ1) is 11.0. The lowest BCUT2D eigenvalue weighted by Gasteiger charge is -2.06. The predicted molar refractivity (Wildman–Crippen MR) is 53.7 cm³/mol. The Morgan fingerprint density at radius 1 is 1.00 bits per heavy atom. The summed E-state index contributed by atoms with van der Waals surface area (Å²) in [6.07, 6.45) is 0. The Hall–Kier alpha value is -0.0138. The van der Waals surface area contributed by atoms with Gasteiger partial charge in [-0.05, 0) is 49.9 Å². The van der Waals surface area contributed by atoms with Crippen LogP contribution in [0.1, 0.15) is 22.3 Å². The van der Waals surface area contributed by atoms with Gasteiger partial charge in [0.05, 0.1) is 0 Å². The highest BCUT2D eigenvalue weighted by Crippen LogP contribution is 2.15.